The number of hydrogen-bond acceptors (Lipinski definition) is 2. The lowest BCUT2D eigenvalue weighted by Crippen LogP contribution is -2.26. The Bertz CT molecular complexity index is 308. The van der Waals surface area contributed by atoms with Crippen molar-refractivity contribution in [2.45, 2.75) is 25.0 Å². The lowest BCUT2D eigenvalue weighted by atomic mass is 10.0. The second-order valence-electron chi connectivity index (χ2n) is 3.73. The number of hydrogen-bond donors (Lipinski definition) is 0. The SMILES string of the molecule is C=CCC1CC(c2ccccc2)OCO1. The van der Waals surface area contributed by atoms with E-state index in [0.29, 0.717) is 6.79 Å². The van der Waals surface area contributed by atoms with Crippen molar-refractivity contribution in [1.82, 2.24) is 0 Å². The van der Waals surface area contributed by atoms with Crippen LogP contribution in [0.1, 0.15) is 24.5 Å². The van der Waals surface area contributed by atoms with Crippen molar-refractivity contribution in [2.75, 3.05) is 6.79 Å². The predicted octanol–water partition coefficient (Wildman–Crippen LogP) is 3.07. The van der Waals surface area contributed by atoms with Crippen LogP contribution in [0, 0.1) is 0 Å². The molecular weight excluding hydrogens is 188 g/mol. The summed E-state index contributed by atoms with van der Waals surface area (Å²) in [6.07, 6.45) is 4.13. The quantitative estimate of drug-likeness (QED) is 0.704. The van der Waals surface area contributed by atoms with E-state index in [1.807, 2.05) is 24.3 Å². The highest BCUT2D eigenvalue weighted by Gasteiger charge is 2.23. The Labute approximate surface area is 90.5 Å². The Hall–Kier alpha value is -1.12. The maximum atomic E-state index is 5.58. The highest BCUT2D eigenvalue weighted by molar-refractivity contribution is 5.18. The summed E-state index contributed by atoms with van der Waals surface area (Å²) in [6, 6.07) is 10.3. The Balaban J connectivity index is 2.01. The zero-order valence-electron chi connectivity index (χ0n) is 8.76. The first-order valence-electron chi connectivity index (χ1n) is 5.29. The van der Waals surface area contributed by atoms with Gasteiger partial charge in [0, 0.05) is 6.42 Å². The van der Waals surface area contributed by atoms with Crippen LogP contribution in [-0.4, -0.2) is 12.9 Å². The molecule has 1 aromatic carbocycles. The molecule has 2 unspecified atom stereocenters. The summed E-state index contributed by atoms with van der Waals surface area (Å²) in [6.45, 7) is 4.12. The number of benzene rings is 1. The van der Waals surface area contributed by atoms with Gasteiger partial charge in [-0.25, -0.2) is 0 Å². The van der Waals surface area contributed by atoms with Crippen LogP contribution in [-0.2, 0) is 9.47 Å². The fourth-order valence-electron chi connectivity index (χ4n) is 1.84. The van der Waals surface area contributed by atoms with Gasteiger partial charge in [-0.1, -0.05) is 36.4 Å². The maximum absolute atomic E-state index is 5.58. The third kappa shape index (κ3) is 2.67. The summed E-state index contributed by atoms with van der Waals surface area (Å²) in [4.78, 5) is 0. The van der Waals surface area contributed by atoms with Crippen LogP contribution in [0.15, 0.2) is 43.0 Å². The van der Waals surface area contributed by atoms with E-state index in [4.69, 9.17) is 9.47 Å². The smallest absolute Gasteiger partial charge is 0.147 e. The van der Waals surface area contributed by atoms with Crippen LogP contribution in [0.4, 0.5) is 0 Å². The molecule has 1 fully saturated rings. The lowest BCUT2D eigenvalue weighted by Gasteiger charge is -2.29. The van der Waals surface area contributed by atoms with E-state index < -0.39 is 0 Å². The molecule has 1 saturated heterocycles. The van der Waals surface area contributed by atoms with E-state index in [0.717, 1.165) is 12.8 Å². The van der Waals surface area contributed by atoms with Gasteiger partial charge in [0.1, 0.15) is 6.79 Å². The Kier molecular flexibility index (Phi) is 3.54. The molecule has 2 heteroatoms. The van der Waals surface area contributed by atoms with Crippen LogP contribution >= 0.6 is 0 Å². The van der Waals surface area contributed by atoms with Gasteiger partial charge >= 0.3 is 0 Å². The van der Waals surface area contributed by atoms with Crippen LogP contribution < -0.4 is 0 Å². The fourth-order valence-corrected chi connectivity index (χ4v) is 1.84. The minimum Gasteiger partial charge on any atom is -0.352 e. The highest BCUT2D eigenvalue weighted by Crippen LogP contribution is 2.28. The van der Waals surface area contributed by atoms with Gasteiger partial charge < -0.3 is 9.47 Å². The fraction of sp³-hybridized carbons (Fsp3) is 0.385. The maximum Gasteiger partial charge on any atom is 0.147 e. The van der Waals surface area contributed by atoms with Crippen molar-refractivity contribution in [1.29, 1.82) is 0 Å². The molecule has 2 nitrogen and oxygen atoms in total. The first kappa shape index (κ1) is 10.4. The zero-order valence-corrected chi connectivity index (χ0v) is 8.76. The van der Waals surface area contributed by atoms with Crippen molar-refractivity contribution in [3.63, 3.8) is 0 Å². The van der Waals surface area contributed by atoms with Crippen molar-refractivity contribution in [3.8, 4) is 0 Å². The van der Waals surface area contributed by atoms with Gasteiger partial charge in [0.2, 0.25) is 0 Å². The number of ether oxygens (including phenoxy) is 2. The van der Waals surface area contributed by atoms with E-state index in [2.05, 4.69) is 18.7 Å². The molecule has 0 amide bonds. The third-order valence-corrected chi connectivity index (χ3v) is 2.65. The highest BCUT2D eigenvalue weighted by atomic mass is 16.7. The monoisotopic (exact) mass is 204 g/mol. The van der Waals surface area contributed by atoms with Crippen molar-refractivity contribution < 1.29 is 9.47 Å². The summed E-state index contributed by atoms with van der Waals surface area (Å²) in [5.41, 5.74) is 1.23. The minimum absolute atomic E-state index is 0.171. The lowest BCUT2D eigenvalue weighted by molar-refractivity contribution is -0.176. The van der Waals surface area contributed by atoms with Gasteiger partial charge in [0.05, 0.1) is 12.2 Å². The van der Waals surface area contributed by atoms with E-state index in [1.54, 1.807) is 0 Å². The molecule has 1 heterocycles. The molecule has 2 rings (SSSR count). The molecule has 0 bridgehead atoms. The Morgan fingerprint density at radius 3 is 2.80 bits per heavy atom. The third-order valence-electron chi connectivity index (χ3n) is 2.65. The molecule has 1 aliphatic rings. The molecule has 2 atom stereocenters. The van der Waals surface area contributed by atoms with Gasteiger partial charge in [-0.15, -0.1) is 6.58 Å². The average molecular weight is 204 g/mol. The van der Waals surface area contributed by atoms with E-state index in [9.17, 15) is 0 Å². The summed E-state index contributed by atoms with van der Waals surface area (Å²) in [5, 5.41) is 0. The molecule has 15 heavy (non-hydrogen) atoms. The summed E-state index contributed by atoms with van der Waals surface area (Å²) in [5.74, 6) is 0. The zero-order chi connectivity index (χ0) is 10.5. The van der Waals surface area contributed by atoms with Crippen LogP contribution in [0.3, 0.4) is 0 Å². The molecule has 1 aromatic rings. The minimum atomic E-state index is 0.171. The predicted molar refractivity (Wildman–Crippen MR) is 59.4 cm³/mol. The molecule has 1 aliphatic heterocycles. The van der Waals surface area contributed by atoms with E-state index >= 15 is 0 Å². The van der Waals surface area contributed by atoms with Crippen molar-refractivity contribution >= 4 is 0 Å². The Morgan fingerprint density at radius 1 is 1.27 bits per heavy atom. The summed E-state index contributed by atoms with van der Waals surface area (Å²) < 4.78 is 11.1. The molecule has 0 N–H and O–H groups in total. The molecular formula is C13H16O2. The molecule has 80 valence electrons. The molecule has 0 saturated carbocycles. The first-order valence-corrected chi connectivity index (χ1v) is 5.29. The van der Waals surface area contributed by atoms with Crippen molar-refractivity contribution in [3.05, 3.63) is 48.6 Å². The van der Waals surface area contributed by atoms with Gasteiger partial charge in [0.25, 0.3) is 0 Å². The first-order chi connectivity index (χ1) is 7.40. The van der Waals surface area contributed by atoms with Crippen LogP contribution in [0.5, 0.6) is 0 Å². The standard InChI is InChI=1S/C13H16O2/c1-2-6-12-9-13(15-10-14-12)11-7-4-3-5-8-11/h2-5,7-8,12-13H,1,6,9-10H2. The molecule has 0 spiro atoms. The van der Waals surface area contributed by atoms with Gasteiger partial charge in [-0.2, -0.15) is 0 Å². The average Bonchev–Trinajstić information content (AvgIpc) is 2.31. The largest absolute Gasteiger partial charge is 0.352 e. The molecule has 0 aliphatic carbocycles. The normalized spacial score (nSPS) is 26.1. The van der Waals surface area contributed by atoms with Crippen LogP contribution in [0.2, 0.25) is 0 Å². The van der Waals surface area contributed by atoms with Gasteiger partial charge in [0.15, 0.2) is 0 Å². The van der Waals surface area contributed by atoms with Gasteiger partial charge in [-0.3, -0.25) is 0 Å². The Morgan fingerprint density at radius 2 is 2.07 bits per heavy atom. The molecule has 0 aromatic heterocycles. The summed E-state index contributed by atoms with van der Waals surface area (Å²) in [7, 11) is 0. The topological polar surface area (TPSA) is 18.5 Å². The second-order valence-corrected chi connectivity index (χ2v) is 3.73. The van der Waals surface area contributed by atoms with Crippen LogP contribution in [0.25, 0.3) is 0 Å². The molecule has 0 radical (unpaired) electrons. The second kappa shape index (κ2) is 5.10. The number of rotatable bonds is 3. The van der Waals surface area contributed by atoms with Crippen molar-refractivity contribution in [2.24, 2.45) is 0 Å². The van der Waals surface area contributed by atoms with E-state index in [1.165, 1.54) is 5.56 Å². The van der Waals surface area contributed by atoms with E-state index in [-0.39, 0.29) is 12.2 Å². The van der Waals surface area contributed by atoms with Gasteiger partial charge in [-0.05, 0) is 12.0 Å². The summed E-state index contributed by atoms with van der Waals surface area (Å²) >= 11 is 0.